The fourth-order valence-corrected chi connectivity index (χ4v) is 1.47. The molecular weight excluding hydrogens is 480 g/mol. The zero-order valence-electron chi connectivity index (χ0n) is 9.96. The zero-order valence-corrected chi connectivity index (χ0v) is 17.6. The fraction of sp³-hybridized carbons (Fsp3) is 0. The van der Waals surface area contributed by atoms with Crippen LogP contribution in [0.3, 0.4) is 0 Å². The Balaban J connectivity index is -0.0000000675. The Labute approximate surface area is 154 Å². The first-order chi connectivity index (χ1) is 9.38. The van der Waals surface area contributed by atoms with Crippen molar-refractivity contribution in [3.63, 3.8) is 0 Å². The van der Waals surface area contributed by atoms with E-state index in [0.717, 1.165) is 0 Å². The summed E-state index contributed by atoms with van der Waals surface area (Å²) in [6, 6.07) is 0. The van der Waals surface area contributed by atoms with Crippen LogP contribution in [0, 0.1) is 0 Å². The normalized spacial score (nSPS) is 12.3. The maximum atomic E-state index is 9.24. The van der Waals surface area contributed by atoms with Crippen LogP contribution in [0.5, 0.6) is 0 Å². The summed E-state index contributed by atoms with van der Waals surface area (Å²) in [7, 11) is -19.4. The van der Waals surface area contributed by atoms with Gasteiger partial charge in [0.25, 0.3) is 0 Å². The second-order valence-electron chi connectivity index (χ2n) is 1.59. The summed E-state index contributed by atoms with van der Waals surface area (Å²) in [5, 5.41) is 0. The van der Waals surface area contributed by atoms with Crippen LogP contribution in [0.25, 0.3) is 0 Å². The molecule has 0 aromatic carbocycles. The first-order valence-corrected chi connectivity index (χ1v) is 9.86. The monoisotopic (exact) mass is 480 g/mol. The third-order valence-electron chi connectivity index (χ3n) is 0.400. The van der Waals surface area contributed by atoms with Crippen LogP contribution < -0.4 is 29.4 Å². The van der Waals surface area contributed by atoms with E-state index in [1.165, 1.54) is 0 Å². The molecule has 23 heteroatoms. The third kappa shape index (κ3) is 59.8. The molecule has 0 aromatic heterocycles. The molecule has 6 unspecified atom stereocenters. The summed E-state index contributed by atoms with van der Waals surface area (Å²) in [6.07, 6.45) is 0. The minimum atomic E-state index is -3.24. The van der Waals surface area contributed by atoms with Gasteiger partial charge in [-0.25, -0.2) is 0 Å². The predicted molar refractivity (Wildman–Crippen MR) is 60.4 cm³/mol. The van der Waals surface area contributed by atoms with Gasteiger partial charge in [-0.15, -0.1) is 0 Å². The van der Waals surface area contributed by atoms with Gasteiger partial charge in [0.05, 0.1) is 0 Å². The summed E-state index contributed by atoms with van der Waals surface area (Å²) < 4.78 is 64.9. The topological polar surface area (TPSA) is 268 Å². The molecule has 0 saturated heterocycles. The molecule has 0 bridgehead atoms. The molecule has 0 amide bonds. The van der Waals surface area contributed by atoms with Gasteiger partial charge in [0.1, 0.15) is 12.9 Å². The van der Waals surface area contributed by atoms with Crippen LogP contribution in [-0.4, -0.2) is 34.7 Å². The average molecular weight is 480 g/mol. The van der Waals surface area contributed by atoms with Crippen molar-refractivity contribution in [3.05, 3.63) is 0 Å². The standard InChI is InChI=1S/2Al.3O5P2/c;;3*1-6(2)5-7(3)4/q2*+3;;;. The van der Waals surface area contributed by atoms with Crippen LogP contribution >= 0.6 is 49.5 Å². The molecule has 23 heavy (non-hydrogen) atoms. The van der Waals surface area contributed by atoms with Crippen molar-refractivity contribution in [2.45, 2.75) is 0 Å². The summed E-state index contributed by atoms with van der Waals surface area (Å²) in [5.74, 6) is 0. The first-order valence-electron chi connectivity index (χ1n) is 3.29. The Bertz CT molecular complexity index is 318. The van der Waals surface area contributed by atoms with Crippen LogP contribution in [-0.2, 0) is 40.3 Å². The van der Waals surface area contributed by atoms with Gasteiger partial charge >= 0.3 is 84.3 Å². The van der Waals surface area contributed by atoms with E-state index in [1.807, 2.05) is 0 Å². The second kappa shape index (κ2) is 23.3. The quantitative estimate of drug-likeness (QED) is 0.262. The number of hydrogen-bond donors (Lipinski definition) is 0. The summed E-state index contributed by atoms with van der Waals surface area (Å²) in [5.41, 5.74) is 0. The van der Waals surface area contributed by atoms with Crippen LogP contribution in [0.1, 0.15) is 0 Å². The molecule has 0 rings (SSSR count). The Hall–Kier alpha value is 1.30. The van der Waals surface area contributed by atoms with Gasteiger partial charge in [0.15, 0.2) is 0 Å². The van der Waals surface area contributed by atoms with Gasteiger partial charge < -0.3 is 29.4 Å². The number of hydrogen-bond acceptors (Lipinski definition) is 15. The van der Waals surface area contributed by atoms with E-state index in [1.54, 1.807) is 0 Å². The maximum Gasteiger partial charge on any atom is 3.00 e. The first kappa shape index (κ1) is 35.4. The maximum absolute atomic E-state index is 9.24. The van der Waals surface area contributed by atoms with Crippen molar-refractivity contribution in [1.82, 2.24) is 0 Å². The average Bonchev–Trinajstić information content (AvgIpc) is 2.10. The Morgan fingerprint density at radius 1 is 0.391 bits per heavy atom. The van der Waals surface area contributed by atoms with Crippen LogP contribution in [0.15, 0.2) is 0 Å². The minimum Gasteiger partial charge on any atom is -0.563 e. The molecule has 0 heterocycles. The second-order valence-corrected chi connectivity index (χ2v) is 6.23. The van der Waals surface area contributed by atoms with Crippen LogP contribution in [0.4, 0.5) is 0 Å². The largest absolute Gasteiger partial charge is 3.00 e. The molecule has 0 aliphatic carbocycles. The van der Waals surface area contributed by atoms with Crippen molar-refractivity contribution in [3.8, 4) is 0 Å². The van der Waals surface area contributed by atoms with E-state index in [4.69, 9.17) is 0 Å². The molecule has 0 saturated carbocycles. The molecule has 0 aliphatic heterocycles. The zero-order chi connectivity index (χ0) is 17.6. The molecule has 15 nitrogen and oxygen atoms in total. The van der Waals surface area contributed by atoms with Gasteiger partial charge in [-0.2, -0.15) is 0 Å². The van der Waals surface area contributed by atoms with E-state index in [9.17, 15) is 56.8 Å². The van der Waals surface area contributed by atoms with Crippen LogP contribution in [0.2, 0.25) is 0 Å². The van der Waals surface area contributed by atoms with E-state index in [2.05, 4.69) is 12.9 Å². The van der Waals surface area contributed by atoms with Gasteiger partial charge in [0, 0.05) is 0 Å². The number of rotatable bonds is 6. The minimum absolute atomic E-state index is 0. The molecule has 120 valence electrons. The molecule has 0 N–H and O–H groups in total. The van der Waals surface area contributed by atoms with Gasteiger partial charge in [-0.1, -0.05) is 0 Å². The van der Waals surface area contributed by atoms with Crippen molar-refractivity contribution in [1.29, 1.82) is 0 Å². The molecule has 0 aliphatic rings. The SMILES string of the molecule is O=[P+]([O-])O[P+](=O)[O-].O=[P+]([O-])O[P+](=O)[O-].O=[P+]([O-])O[P+](=O)[O-].[Al+3].[Al+3]. The predicted octanol–water partition coefficient (Wildman–Crippen LogP) is -3.65. The molecule has 0 aromatic rings. The summed E-state index contributed by atoms with van der Waals surface area (Å²) in [6.45, 7) is 0. The van der Waals surface area contributed by atoms with Gasteiger partial charge in [-0.3, -0.25) is 0 Å². The van der Waals surface area contributed by atoms with Crippen molar-refractivity contribution < 1.29 is 69.7 Å². The van der Waals surface area contributed by atoms with Gasteiger partial charge in [-0.05, 0) is 27.4 Å². The van der Waals surface area contributed by atoms with Crippen molar-refractivity contribution in [2.75, 3.05) is 0 Å². The van der Waals surface area contributed by atoms with Crippen molar-refractivity contribution >= 4 is 84.3 Å². The molecule has 0 spiro atoms. The Morgan fingerprint density at radius 3 is 0.478 bits per heavy atom. The van der Waals surface area contributed by atoms with Gasteiger partial charge in [0.2, 0.25) is 0 Å². The molecule has 6 atom stereocenters. The van der Waals surface area contributed by atoms with E-state index < -0.39 is 49.5 Å². The van der Waals surface area contributed by atoms with E-state index >= 15 is 0 Å². The fourth-order valence-electron chi connectivity index (χ4n) is 0.163. The summed E-state index contributed by atoms with van der Waals surface area (Å²) >= 11 is 0. The van der Waals surface area contributed by atoms with Crippen molar-refractivity contribution in [2.24, 2.45) is 0 Å². The smallest absolute Gasteiger partial charge is 0.563 e. The Kier molecular flexibility index (Phi) is 35.9. The molecule has 0 radical (unpaired) electrons. The third-order valence-corrected chi connectivity index (χ3v) is 3.60. The van der Waals surface area contributed by atoms with E-state index in [0.29, 0.717) is 0 Å². The Morgan fingerprint density at radius 2 is 0.478 bits per heavy atom. The molecular formula is Al2O15P6+6. The van der Waals surface area contributed by atoms with E-state index in [-0.39, 0.29) is 34.7 Å². The molecule has 0 fully saturated rings. The summed E-state index contributed by atoms with van der Waals surface area (Å²) in [4.78, 5) is 55.4.